The van der Waals surface area contributed by atoms with E-state index in [2.05, 4.69) is 10.3 Å². The first kappa shape index (κ1) is 28.1. The molecule has 0 unspecified atom stereocenters. The predicted molar refractivity (Wildman–Crippen MR) is 132 cm³/mol. The lowest BCUT2D eigenvalue weighted by molar-refractivity contribution is -0.134. The molecule has 0 fully saturated rings. The van der Waals surface area contributed by atoms with Crippen molar-refractivity contribution in [3.8, 4) is 0 Å². The zero-order valence-electron chi connectivity index (χ0n) is 19.8. The van der Waals surface area contributed by atoms with Crippen LogP contribution in [0.3, 0.4) is 0 Å². The molecule has 37 heavy (non-hydrogen) atoms. The minimum Gasteiger partial charge on any atom is -0.447 e. The molecule has 0 radical (unpaired) electrons. The van der Waals surface area contributed by atoms with Crippen LogP contribution in [0, 0.1) is 11.6 Å². The molecule has 3 rings (SSSR count). The highest BCUT2D eigenvalue weighted by Gasteiger charge is 2.35. The number of hydrogen-bond donors (Lipinski definition) is 2. The lowest BCUT2D eigenvalue weighted by Crippen LogP contribution is -2.46. The van der Waals surface area contributed by atoms with Crippen molar-refractivity contribution in [3.05, 3.63) is 70.9 Å². The van der Waals surface area contributed by atoms with Crippen molar-refractivity contribution in [1.82, 2.24) is 9.88 Å². The van der Waals surface area contributed by atoms with Crippen LogP contribution in [0.4, 0.5) is 28.2 Å². The third kappa shape index (κ3) is 7.77. The lowest BCUT2D eigenvalue weighted by Gasteiger charge is -2.30. The molecule has 1 atom stereocenters. The molecule has 198 valence electrons. The molecular formula is C25H25ClF4N4O3. The molecule has 0 aliphatic carbocycles. The fourth-order valence-electron chi connectivity index (χ4n) is 3.59. The third-order valence-corrected chi connectivity index (χ3v) is 6.16. The number of ether oxygens (including phenoxy) is 1. The topological polar surface area (TPSA) is 97.5 Å². The number of nitrogens with zero attached hydrogens (tertiary/aromatic N) is 2. The normalized spacial score (nSPS) is 12.3. The molecular weight excluding hydrogens is 516 g/mol. The quantitative estimate of drug-likeness (QED) is 0.346. The Balaban J connectivity index is 1.64. The first-order valence-electron chi connectivity index (χ1n) is 11.2. The van der Waals surface area contributed by atoms with Crippen LogP contribution >= 0.6 is 11.6 Å². The Morgan fingerprint density at radius 2 is 1.95 bits per heavy atom. The number of aryl methyl sites for hydroxylation is 1. The first-order valence-corrected chi connectivity index (χ1v) is 11.6. The van der Waals surface area contributed by atoms with Gasteiger partial charge in [-0.3, -0.25) is 10.1 Å². The summed E-state index contributed by atoms with van der Waals surface area (Å²) in [5.41, 5.74) is 5.55. The fraction of sp³-hybridized carbons (Fsp3) is 0.320. The van der Waals surface area contributed by atoms with Crippen LogP contribution in [0.15, 0.2) is 48.7 Å². The number of pyridine rings is 1. The standard InChI is InChI=1S/C25H25ClF4N4O3/c1-34(22(35)8-6-15-3-2-4-20(28)23(15)26)19(11-25(29,30)14-31)13-37-24(36)33-21-10-17-9-18(27)7-5-16(17)12-32-21/h2-5,7,9-10,12,19H,6,8,11,13-14,31H2,1H3,(H,32,33,36)/t19-/m0/s1. The third-order valence-electron chi connectivity index (χ3n) is 5.73. The van der Waals surface area contributed by atoms with Gasteiger partial charge in [-0.05, 0) is 47.7 Å². The summed E-state index contributed by atoms with van der Waals surface area (Å²) in [6, 6.07) is 8.45. The number of nitrogens with two attached hydrogens (primary N) is 1. The van der Waals surface area contributed by atoms with Crippen molar-refractivity contribution in [2.75, 3.05) is 25.5 Å². The highest BCUT2D eigenvalue weighted by atomic mass is 35.5. The number of hydrogen-bond acceptors (Lipinski definition) is 5. The van der Waals surface area contributed by atoms with Crippen LogP contribution in [0.5, 0.6) is 0 Å². The van der Waals surface area contributed by atoms with Gasteiger partial charge in [-0.1, -0.05) is 23.7 Å². The monoisotopic (exact) mass is 540 g/mol. The van der Waals surface area contributed by atoms with E-state index in [9.17, 15) is 27.2 Å². The summed E-state index contributed by atoms with van der Waals surface area (Å²) in [7, 11) is 1.30. The zero-order chi connectivity index (χ0) is 27.2. The van der Waals surface area contributed by atoms with Gasteiger partial charge in [0.05, 0.1) is 17.6 Å². The number of aromatic nitrogens is 1. The van der Waals surface area contributed by atoms with Gasteiger partial charge in [-0.15, -0.1) is 0 Å². The minimum absolute atomic E-state index is 0.0586. The van der Waals surface area contributed by atoms with E-state index in [1.54, 1.807) is 6.07 Å². The number of carbonyl (C=O) groups is 2. The highest BCUT2D eigenvalue weighted by Crippen LogP contribution is 2.24. The number of likely N-dealkylation sites (N-methyl/N-ethyl adjacent to an activating group) is 1. The largest absolute Gasteiger partial charge is 0.447 e. The summed E-state index contributed by atoms with van der Waals surface area (Å²) in [4.78, 5) is 30.1. The van der Waals surface area contributed by atoms with E-state index in [1.165, 1.54) is 49.6 Å². The zero-order valence-corrected chi connectivity index (χ0v) is 20.6. The maximum absolute atomic E-state index is 14.1. The number of fused-ring (bicyclic) bond motifs is 1. The Hall–Kier alpha value is -3.44. The van der Waals surface area contributed by atoms with Crippen molar-refractivity contribution in [1.29, 1.82) is 0 Å². The molecule has 12 heteroatoms. The SMILES string of the molecule is CN(C(=O)CCc1cccc(F)c1Cl)[C@H](COC(=O)Nc1cc2cc(F)ccc2cn1)CC(F)(F)CN. The van der Waals surface area contributed by atoms with Gasteiger partial charge < -0.3 is 15.4 Å². The maximum Gasteiger partial charge on any atom is 0.412 e. The van der Waals surface area contributed by atoms with E-state index in [0.29, 0.717) is 16.3 Å². The molecule has 2 amide bonds. The summed E-state index contributed by atoms with van der Waals surface area (Å²) < 4.78 is 60.4. The maximum atomic E-state index is 14.1. The van der Waals surface area contributed by atoms with Crippen molar-refractivity contribution in [3.63, 3.8) is 0 Å². The van der Waals surface area contributed by atoms with E-state index < -0.39 is 55.2 Å². The van der Waals surface area contributed by atoms with Crippen LogP contribution in [-0.2, 0) is 16.0 Å². The van der Waals surface area contributed by atoms with Gasteiger partial charge in [0.25, 0.3) is 5.92 Å². The van der Waals surface area contributed by atoms with E-state index in [0.717, 1.165) is 4.90 Å². The average molecular weight is 541 g/mol. The molecule has 1 heterocycles. The van der Waals surface area contributed by atoms with Crippen LogP contribution in [0.25, 0.3) is 10.8 Å². The predicted octanol–water partition coefficient (Wildman–Crippen LogP) is 5.16. The Labute approximate surface area is 215 Å². The number of alkyl halides is 2. The average Bonchev–Trinajstić information content (AvgIpc) is 2.86. The Morgan fingerprint density at radius 3 is 2.68 bits per heavy atom. The van der Waals surface area contributed by atoms with Crippen molar-refractivity contribution < 1.29 is 31.9 Å². The van der Waals surface area contributed by atoms with Gasteiger partial charge in [0.1, 0.15) is 24.1 Å². The van der Waals surface area contributed by atoms with E-state index in [1.807, 2.05) is 0 Å². The summed E-state index contributed by atoms with van der Waals surface area (Å²) >= 11 is 5.91. The second kappa shape index (κ2) is 12.2. The molecule has 1 aromatic heterocycles. The first-order chi connectivity index (χ1) is 17.5. The van der Waals surface area contributed by atoms with Gasteiger partial charge in [0.15, 0.2) is 0 Å². The minimum atomic E-state index is -3.32. The summed E-state index contributed by atoms with van der Waals surface area (Å²) in [5, 5.41) is 3.36. The van der Waals surface area contributed by atoms with Crippen molar-refractivity contribution in [2.45, 2.75) is 31.2 Å². The smallest absolute Gasteiger partial charge is 0.412 e. The Morgan fingerprint density at radius 1 is 1.19 bits per heavy atom. The van der Waals surface area contributed by atoms with Crippen molar-refractivity contribution in [2.24, 2.45) is 5.73 Å². The van der Waals surface area contributed by atoms with Crippen LogP contribution in [0.2, 0.25) is 5.02 Å². The van der Waals surface area contributed by atoms with Crippen LogP contribution in [0.1, 0.15) is 18.4 Å². The number of rotatable bonds is 10. The fourth-order valence-corrected chi connectivity index (χ4v) is 3.81. The van der Waals surface area contributed by atoms with Gasteiger partial charge in [0.2, 0.25) is 5.91 Å². The summed E-state index contributed by atoms with van der Waals surface area (Å²) in [6.07, 6.45) is -0.500. The van der Waals surface area contributed by atoms with Crippen molar-refractivity contribution >= 4 is 40.2 Å². The Kier molecular flexibility index (Phi) is 9.28. The van der Waals surface area contributed by atoms with E-state index >= 15 is 0 Å². The summed E-state index contributed by atoms with van der Waals surface area (Å²) in [6.45, 7) is -1.53. The van der Waals surface area contributed by atoms with Crippen LogP contribution < -0.4 is 11.1 Å². The number of benzene rings is 2. The number of anilines is 1. The molecule has 3 aromatic rings. The number of amides is 2. The highest BCUT2D eigenvalue weighted by molar-refractivity contribution is 6.31. The molecule has 3 N–H and O–H groups in total. The summed E-state index contributed by atoms with van der Waals surface area (Å²) in [5.74, 6) is -4.91. The second-order valence-corrected chi connectivity index (χ2v) is 8.80. The molecule has 0 spiro atoms. The van der Waals surface area contributed by atoms with Gasteiger partial charge in [-0.2, -0.15) is 0 Å². The van der Waals surface area contributed by atoms with Gasteiger partial charge >= 0.3 is 6.09 Å². The van der Waals surface area contributed by atoms with E-state index in [4.69, 9.17) is 22.1 Å². The molecule has 0 saturated carbocycles. The second-order valence-electron chi connectivity index (χ2n) is 8.42. The van der Waals surface area contributed by atoms with Crippen LogP contribution in [-0.4, -0.2) is 54.0 Å². The number of nitrogens with one attached hydrogen (secondary N) is 1. The lowest BCUT2D eigenvalue weighted by atomic mass is 10.1. The van der Waals surface area contributed by atoms with E-state index in [-0.39, 0.29) is 23.7 Å². The molecule has 0 aliphatic heterocycles. The molecule has 0 saturated heterocycles. The Bertz CT molecular complexity index is 1280. The molecule has 0 bridgehead atoms. The molecule has 2 aromatic carbocycles. The van der Waals surface area contributed by atoms with Gasteiger partial charge in [-0.25, -0.2) is 27.3 Å². The molecule has 0 aliphatic rings. The number of halogens is 5. The number of carbonyl (C=O) groups excluding carboxylic acids is 2. The van der Waals surface area contributed by atoms with Gasteiger partial charge in [0, 0.05) is 31.5 Å². The molecule has 7 nitrogen and oxygen atoms in total.